The molecule has 16 heavy (non-hydrogen) atoms. The number of nitrogens with zero attached hydrogens (tertiary/aromatic N) is 1. The van der Waals surface area contributed by atoms with E-state index in [1.165, 1.54) is 0 Å². The van der Waals surface area contributed by atoms with E-state index in [1.807, 2.05) is 36.1 Å². The van der Waals surface area contributed by atoms with Crippen LogP contribution in [0.3, 0.4) is 0 Å². The molecule has 1 aromatic rings. The molecule has 2 rings (SSSR count). The number of benzene rings is 1. The molecule has 0 aliphatic carbocycles. The first-order valence-corrected chi connectivity index (χ1v) is 5.90. The average Bonchev–Trinajstić information content (AvgIpc) is 2.63. The van der Waals surface area contributed by atoms with Crippen molar-refractivity contribution in [3.05, 3.63) is 29.3 Å². The van der Waals surface area contributed by atoms with E-state index in [2.05, 4.69) is 5.32 Å². The van der Waals surface area contributed by atoms with Gasteiger partial charge in [-0.15, -0.1) is 0 Å². The van der Waals surface area contributed by atoms with E-state index in [0.29, 0.717) is 5.02 Å². The zero-order valence-corrected chi connectivity index (χ0v) is 10.00. The van der Waals surface area contributed by atoms with E-state index < -0.39 is 0 Å². The van der Waals surface area contributed by atoms with Gasteiger partial charge in [0, 0.05) is 17.3 Å². The normalized spacial score (nSPS) is 20.5. The van der Waals surface area contributed by atoms with Crippen molar-refractivity contribution in [3.63, 3.8) is 0 Å². The van der Waals surface area contributed by atoms with Crippen LogP contribution in [-0.2, 0) is 4.79 Å². The molecular weight excluding hydrogens is 224 g/mol. The Labute approximate surface area is 100 Å². The Balaban J connectivity index is 2.12. The molecule has 4 heteroatoms. The van der Waals surface area contributed by atoms with E-state index in [4.69, 9.17) is 11.6 Å². The molecule has 1 atom stereocenters. The number of hydrogen-bond donors (Lipinski definition) is 1. The van der Waals surface area contributed by atoms with E-state index in [9.17, 15) is 4.79 Å². The van der Waals surface area contributed by atoms with Gasteiger partial charge >= 0.3 is 0 Å². The third kappa shape index (κ3) is 2.20. The van der Waals surface area contributed by atoms with Crippen LogP contribution in [0.5, 0.6) is 0 Å². The standard InChI is InChI=1S/C12H15ClN2O/c1-2-14-11-7-8-15(12(11)16)10-5-3-9(13)4-6-10/h3-6,11,14H,2,7-8H2,1H3. The molecule has 1 unspecified atom stereocenters. The van der Waals surface area contributed by atoms with Gasteiger partial charge in [-0.25, -0.2) is 0 Å². The van der Waals surface area contributed by atoms with Crippen LogP contribution in [0.2, 0.25) is 5.02 Å². The zero-order chi connectivity index (χ0) is 11.5. The Hall–Kier alpha value is -1.06. The van der Waals surface area contributed by atoms with E-state index in [1.54, 1.807) is 0 Å². The number of amides is 1. The molecule has 0 bridgehead atoms. The van der Waals surface area contributed by atoms with Crippen LogP contribution >= 0.6 is 11.6 Å². The van der Waals surface area contributed by atoms with Gasteiger partial charge in [-0.3, -0.25) is 4.79 Å². The summed E-state index contributed by atoms with van der Waals surface area (Å²) in [5.74, 6) is 0.157. The molecule has 1 amide bonds. The fraction of sp³-hybridized carbons (Fsp3) is 0.417. The van der Waals surface area contributed by atoms with Crippen molar-refractivity contribution in [2.45, 2.75) is 19.4 Å². The quantitative estimate of drug-likeness (QED) is 0.874. The van der Waals surface area contributed by atoms with Gasteiger partial charge in [-0.1, -0.05) is 18.5 Å². The summed E-state index contributed by atoms with van der Waals surface area (Å²) in [5, 5.41) is 3.88. The summed E-state index contributed by atoms with van der Waals surface area (Å²) in [4.78, 5) is 13.8. The van der Waals surface area contributed by atoms with Gasteiger partial charge < -0.3 is 10.2 Å². The summed E-state index contributed by atoms with van der Waals surface area (Å²) >= 11 is 5.82. The van der Waals surface area contributed by atoms with E-state index >= 15 is 0 Å². The van der Waals surface area contributed by atoms with Crippen LogP contribution in [0.25, 0.3) is 0 Å². The molecule has 1 fully saturated rings. The first kappa shape index (κ1) is 11.4. The van der Waals surface area contributed by atoms with Crippen molar-refractivity contribution in [1.82, 2.24) is 5.32 Å². The molecule has 0 spiro atoms. The predicted molar refractivity (Wildman–Crippen MR) is 65.9 cm³/mol. The van der Waals surface area contributed by atoms with Crippen molar-refractivity contribution >= 4 is 23.2 Å². The molecule has 0 radical (unpaired) electrons. The van der Waals surface area contributed by atoms with Crippen LogP contribution in [-0.4, -0.2) is 25.0 Å². The largest absolute Gasteiger partial charge is 0.311 e. The van der Waals surface area contributed by atoms with Gasteiger partial charge in [-0.05, 0) is 37.2 Å². The minimum Gasteiger partial charge on any atom is -0.311 e. The van der Waals surface area contributed by atoms with Crippen molar-refractivity contribution in [3.8, 4) is 0 Å². The molecule has 0 saturated carbocycles. The lowest BCUT2D eigenvalue weighted by atomic mass is 10.2. The zero-order valence-electron chi connectivity index (χ0n) is 9.24. The van der Waals surface area contributed by atoms with Gasteiger partial charge in [0.1, 0.15) is 0 Å². The smallest absolute Gasteiger partial charge is 0.244 e. The monoisotopic (exact) mass is 238 g/mol. The first-order valence-electron chi connectivity index (χ1n) is 5.52. The number of nitrogens with one attached hydrogen (secondary N) is 1. The SMILES string of the molecule is CCNC1CCN(c2ccc(Cl)cc2)C1=O. The summed E-state index contributed by atoms with van der Waals surface area (Å²) in [5.41, 5.74) is 0.926. The highest BCUT2D eigenvalue weighted by Crippen LogP contribution is 2.23. The minimum absolute atomic E-state index is 0.0271. The van der Waals surface area contributed by atoms with Crippen LogP contribution in [0.15, 0.2) is 24.3 Å². The highest BCUT2D eigenvalue weighted by atomic mass is 35.5. The first-order chi connectivity index (χ1) is 7.72. The van der Waals surface area contributed by atoms with Crippen LogP contribution in [0.1, 0.15) is 13.3 Å². The van der Waals surface area contributed by atoms with Crippen LogP contribution in [0, 0.1) is 0 Å². The third-order valence-corrected chi connectivity index (χ3v) is 3.05. The van der Waals surface area contributed by atoms with Gasteiger partial charge in [-0.2, -0.15) is 0 Å². The Morgan fingerprint density at radius 3 is 2.75 bits per heavy atom. The molecular formula is C12H15ClN2O. The third-order valence-electron chi connectivity index (χ3n) is 2.79. The fourth-order valence-corrected chi connectivity index (χ4v) is 2.12. The second-order valence-corrected chi connectivity index (χ2v) is 4.30. The molecule has 1 aliphatic rings. The van der Waals surface area contributed by atoms with Crippen molar-refractivity contribution in [2.75, 3.05) is 18.0 Å². The lowest BCUT2D eigenvalue weighted by Gasteiger charge is -2.17. The van der Waals surface area contributed by atoms with Gasteiger partial charge in [0.05, 0.1) is 6.04 Å². The summed E-state index contributed by atoms with van der Waals surface area (Å²) in [6.07, 6.45) is 0.870. The van der Waals surface area contributed by atoms with Crippen molar-refractivity contribution in [2.24, 2.45) is 0 Å². The molecule has 0 aromatic heterocycles. The summed E-state index contributed by atoms with van der Waals surface area (Å²) in [6, 6.07) is 7.36. The molecule has 1 saturated heterocycles. The highest BCUT2D eigenvalue weighted by molar-refractivity contribution is 6.30. The van der Waals surface area contributed by atoms with Crippen molar-refractivity contribution in [1.29, 1.82) is 0 Å². The molecule has 1 aliphatic heterocycles. The molecule has 1 heterocycles. The lowest BCUT2D eigenvalue weighted by Crippen LogP contribution is -2.38. The molecule has 1 aromatic carbocycles. The van der Waals surface area contributed by atoms with Gasteiger partial charge in [0.15, 0.2) is 0 Å². The predicted octanol–water partition coefficient (Wildman–Crippen LogP) is 2.05. The number of halogens is 1. The average molecular weight is 239 g/mol. The van der Waals surface area contributed by atoms with E-state index in [-0.39, 0.29) is 11.9 Å². The van der Waals surface area contributed by atoms with Gasteiger partial charge in [0.25, 0.3) is 0 Å². The Morgan fingerprint density at radius 1 is 1.44 bits per heavy atom. The maximum atomic E-state index is 12.0. The van der Waals surface area contributed by atoms with Crippen molar-refractivity contribution < 1.29 is 4.79 Å². The maximum Gasteiger partial charge on any atom is 0.244 e. The topological polar surface area (TPSA) is 32.3 Å². The summed E-state index contributed by atoms with van der Waals surface area (Å²) in [6.45, 7) is 3.61. The van der Waals surface area contributed by atoms with Gasteiger partial charge in [0.2, 0.25) is 5.91 Å². The minimum atomic E-state index is -0.0271. The summed E-state index contributed by atoms with van der Waals surface area (Å²) < 4.78 is 0. The van der Waals surface area contributed by atoms with Crippen LogP contribution < -0.4 is 10.2 Å². The Kier molecular flexibility index (Phi) is 3.46. The summed E-state index contributed by atoms with van der Waals surface area (Å²) in [7, 11) is 0. The van der Waals surface area contributed by atoms with E-state index in [0.717, 1.165) is 25.2 Å². The Bertz CT molecular complexity index is 377. The number of carbonyl (C=O) groups excluding carboxylic acids is 1. The van der Waals surface area contributed by atoms with Crippen LogP contribution in [0.4, 0.5) is 5.69 Å². The number of hydrogen-bond acceptors (Lipinski definition) is 2. The molecule has 3 nitrogen and oxygen atoms in total. The maximum absolute atomic E-state index is 12.0. The molecule has 1 N–H and O–H groups in total. The number of likely N-dealkylation sites (N-methyl/N-ethyl adjacent to an activating group) is 1. The Morgan fingerprint density at radius 2 is 2.12 bits per heavy atom. The number of carbonyl (C=O) groups is 1. The molecule has 86 valence electrons. The number of rotatable bonds is 3. The highest BCUT2D eigenvalue weighted by Gasteiger charge is 2.31. The number of anilines is 1. The fourth-order valence-electron chi connectivity index (χ4n) is 1.99. The lowest BCUT2D eigenvalue weighted by molar-refractivity contribution is -0.118. The second kappa shape index (κ2) is 4.85. The second-order valence-electron chi connectivity index (χ2n) is 3.87.